The molecule has 1 fully saturated rings. The van der Waals surface area contributed by atoms with Crippen LogP contribution >= 0.6 is 0 Å². The summed E-state index contributed by atoms with van der Waals surface area (Å²) in [6.45, 7) is 6.29. The molecule has 0 radical (unpaired) electrons. The van der Waals surface area contributed by atoms with E-state index in [1.807, 2.05) is 0 Å². The second kappa shape index (κ2) is 9.37. The van der Waals surface area contributed by atoms with Crippen LogP contribution in [0, 0.1) is 5.92 Å². The van der Waals surface area contributed by atoms with Crippen molar-refractivity contribution < 1.29 is 4.79 Å². The molecule has 0 spiro atoms. The summed E-state index contributed by atoms with van der Waals surface area (Å²) in [5.74, 6) is 0.881. The maximum absolute atomic E-state index is 11.9. The number of amides is 1. The van der Waals surface area contributed by atoms with Crippen LogP contribution in [0.1, 0.15) is 65.2 Å². The van der Waals surface area contributed by atoms with Crippen LogP contribution < -0.4 is 10.6 Å². The summed E-state index contributed by atoms with van der Waals surface area (Å²) in [6, 6.07) is 0.0499. The van der Waals surface area contributed by atoms with Gasteiger partial charge < -0.3 is 10.6 Å². The summed E-state index contributed by atoms with van der Waals surface area (Å²) in [5, 5.41) is 6.37. The smallest absolute Gasteiger partial charge is 0.237 e. The van der Waals surface area contributed by atoms with E-state index in [0.29, 0.717) is 5.92 Å². The normalized spacial score (nSPS) is 23.9. The minimum Gasteiger partial charge on any atom is -0.355 e. The van der Waals surface area contributed by atoms with E-state index in [9.17, 15) is 4.79 Å². The number of nitrogens with one attached hydrogen (secondary N) is 2. The molecule has 0 aromatic carbocycles. The molecule has 1 rings (SSSR count). The molecule has 18 heavy (non-hydrogen) atoms. The van der Waals surface area contributed by atoms with E-state index in [0.717, 1.165) is 25.9 Å². The second-order valence-electron chi connectivity index (χ2n) is 5.70. The lowest BCUT2D eigenvalue weighted by atomic mass is 9.94. The molecule has 0 saturated carbocycles. The third kappa shape index (κ3) is 6.39. The quantitative estimate of drug-likeness (QED) is 0.654. The van der Waals surface area contributed by atoms with Gasteiger partial charge in [0.15, 0.2) is 0 Å². The van der Waals surface area contributed by atoms with Crippen molar-refractivity contribution in [3.05, 3.63) is 0 Å². The van der Waals surface area contributed by atoms with Crippen molar-refractivity contribution in [2.75, 3.05) is 13.1 Å². The maximum Gasteiger partial charge on any atom is 0.237 e. The van der Waals surface area contributed by atoms with Crippen LogP contribution in [0.4, 0.5) is 0 Å². The largest absolute Gasteiger partial charge is 0.355 e. The Balaban J connectivity index is 1.99. The lowest BCUT2D eigenvalue weighted by Gasteiger charge is -2.27. The summed E-state index contributed by atoms with van der Waals surface area (Å²) >= 11 is 0. The van der Waals surface area contributed by atoms with Crippen molar-refractivity contribution >= 4 is 5.91 Å². The van der Waals surface area contributed by atoms with Gasteiger partial charge in [-0.2, -0.15) is 0 Å². The van der Waals surface area contributed by atoms with E-state index < -0.39 is 0 Å². The summed E-state index contributed by atoms with van der Waals surface area (Å²) < 4.78 is 0. The van der Waals surface area contributed by atoms with E-state index >= 15 is 0 Å². The zero-order valence-corrected chi connectivity index (χ0v) is 12.1. The SMILES string of the molecule is CCCCCCCCNC(=O)C1CC(C)CCN1. The zero-order valence-electron chi connectivity index (χ0n) is 12.1. The van der Waals surface area contributed by atoms with Crippen LogP contribution in [0.3, 0.4) is 0 Å². The molecular weight excluding hydrogens is 224 g/mol. The van der Waals surface area contributed by atoms with Crippen LogP contribution in [0.25, 0.3) is 0 Å². The fraction of sp³-hybridized carbons (Fsp3) is 0.933. The Morgan fingerprint density at radius 2 is 1.94 bits per heavy atom. The molecule has 3 heteroatoms. The molecule has 0 aliphatic carbocycles. The number of hydrogen-bond donors (Lipinski definition) is 2. The standard InChI is InChI=1S/C15H30N2O/c1-3-4-5-6-7-8-10-17-15(18)14-12-13(2)9-11-16-14/h13-14,16H,3-12H2,1-2H3,(H,17,18). The van der Waals surface area contributed by atoms with Crippen molar-refractivity contribution in [2.24, 2.45) is 5.92 Å². The average molecular weight is 254 g/mol. The molecule has 0 aromatic heterocycles. The first kappa shape index (κ1) is 15.5. The highest BCUT2D eigenvalue weighted by Crippen LogP contribution is 2.14. The molecule has 3 nitrogen and oxygen atoms in total. The Morgan fingerprint density at radius 1 is 1.22 bits per heavy atom. The first-order chi connectivity index (χ1) is 8.74. The van der Waals surface area contributed by atoms with Gasteiger partial charge in [-0.15, -0.1) is 0 Å². The van der Waals surface area contributed by atoms with Gasteiger partial charge in [-0.3, -0.25) is 4.79 Å². The minimum atomic E-state index is 0.0499. The fourth-order valence-electron chi connectivity index (χ4n) is 2.55. The molecule has 2 N–H and O–H groups in total. The van der Waals surface area contributed by atoms with Gasteiger partial charge in [0.2, 0.25) is 5.91 Å². The molecule has 106 valence electrons. The van der Waals surface area contributed by atoms with Crippen molar-refractivity contribution in [1.82, 2.24) is 10.6 Å². The van der Waals surface area contributed by atoms with Gasteiger partial charge in [-0.1, -0.05) is 46.0 Å². The van der Waals surface area contributed by atoms with Gasteiger partial charge >= 0.3 is 0 Å². The highest BCUT2D eigenvalue weighted by molar-refractivity contribution is 5.81. The second-order valence-corrected chi connectivity index (χ2v) is 5.70. The predicted molar refractivity (Wildman–Crippen MR) is 76.6 cm³/mol. The number of carbonyl (C=O) groups excluding carboxylic acids is 1. The van der Waals surface area contributed by atoms with Gasteiger partial charge in [-0.05, 0) is 31.7 Å². The Labute approximate surface area is 112 Å². The Bertz CT molecular complexity index is 231. The van der Waals surface area contributed by atoms with Gasteiger partial charge in [0.25, 0.3) is 0 Å². The van der Waals surface area contributed by atoms with E-state index in [4.69, 9.17) is 0 Å². The van der Waals surface area contributed by atoms with Crippen LogP contribution in [-0.2, 0) is 4.79 Å². The van der Waals surface area contributed by atoms with Crippen LogP contribution in [0.5, 0.6) is 0 Å². The molecular formula is C15H30N2O. The third-order valence-electron chi connectivity index (χ3n) is 3.81. The van der Waals surface area contributed by atoms with E-state index in [1.165, 1.54) is 38.5 Å². The average Bonchev–Trinajstić information content (AvgIpc) is 2.37. The summed E-state index contributed by atoms with van der Waals surface area (Å²) in [4.78, 5) is 11.9. The summed E-state index contributed by atoms with van der Waals surface area (Å²) in [5.41, 5.74) is 0. The molecule has 2 unspecified atom stereocenters. The Morgan fingerprint density at radius 3 is 2.67 bits per heavy atom. The highest BCUT2D eigenvalue weighted by atomic mass is 16.2. The molecule has 1 heterocycles. The van der Waals surface area contributed by atoms with Gasteiger partial charge in [0, 0.05) is 6.54 Å². The molecule has 1 aliphatic rings. The van der Waals surface area contributed by atoms with E-state index in [-0.39, 0.29) is 11.9 Å². The van der Waals surface area contributed by atoms with Gasteiger partial charge in [0.1, 0.15) is 0 Å². The minimum absolute atomic E-state index is 0.0499. The van der Waals surface area contributed by atoms with Crippen LogP contribution in [-0.4, -0.2) is 25.0 Å². The lowest BCUT2D eigenvalue weighted by Crippen LogP contribution is -2.48. The Hall–Kier alpha value is -0.570. The van der Waals surface area contributed by atoms with Gasteiger partial charge in [0.05, 0.1) is 6.04 Å². The van der Waals surface area contributed by atoms with Gasteiger partial charge in [-0.25, -0.2) is 0 Å². The lowest BCUT2D eigenvalue weighted by molar-refractivity contribution is -0.124. The van der Waals surface area contributed by atoms with Crippen molar-refractivity contribution in [1.29, 1.82) is 0 Å². The number of piperidine rings is 1. The molecule has 2 atom stereocenters. The zero-order chi connectivity index (χ0) is 13.2. The highest BCUT2D eigenvalue weighted by Gasteiger charge is 2.23. The molecule has 1 amide bonds. The molecule has 1 saturated heterocycles. The first-order valence-electron chi connectivity index (χ1n) is 7.75. The Kier molecular flexibility index (Phi) is 8.06. The van der Waals surface area contributed by atoms with Crippen molar-refractivity contribution in [3.8, 4) is 0 Å². The van der Waals surface area contributed by atoms with Crippen molar-refractivity contribution in [3.63, 3.8) is 0 Å². The first-order valence-corrected chi connectivity index (χ1v) is 7.75. The van der Waals surface area contributed by atoms with Crippen LogP contribution in [0.15, 0.2) is 0 Å². The third-order valence-corrected chi connectivity index (χ3v) is 3.81. The molecule has 1 aliphatic heterocycles. The monoisotopic (exact) mass is 254 g/mol. The van der Waals surface area contributed by atoms with Crippen LogP contribution in [0.2, 0.25) is 0 Å². The number of carbonyl (C=O) groups is 1. The molecule has 0 bridgehead atoms. The summed E-state index contributed by atoms with van der Waals surface area (Å²) in [7, 11) is 0. The number of rotatable bonds is 8. The van der Waals surface area contributed by atoms with E-state index in [1.54, 1.807) is 0 Å². The maximum atomic E-state index is 11.9. The molecule has 0 aromatic rings. The fourth-order valence-corrected chi connectivity index (χ4v) is 2.55. The van der Waals surface area contributed by atoms with Crippen molar-refractivity contribution in [2.45, 2.75) is 71.3 Å². The number of unbranched alkanes of at least 4 members (excludes halogenated alkanes) is 5. The summed E-state index contributed by atoms with van der Waals surface area (Å²) in [6.07, 6.45) is 9.84. The van der Waals surface area contributed by atoms with E-state index in [2.05, 4.69) is 24.5 Å². The number of hydrogen-bond acceptors (Lipinski definition) is 2. The predicted octanol–water partition coefficient (Wildman–Crippen LogP) is 2.85. The topological polar surface area (TPSA) is 41.1 Å².